The molecule has 0 aromatic heterocycles. The summed E-state index contributed by atoms with van der Waals surface area (Å²) < 4.78 is 0. The number of hydrogen-bond donors (Lipinski definition) is 0. The molecule has 0 saturated carbocycles. The quantitative estimate of drug-likeness (QED) is 0.515. The molecule has 0 bridgehead atoms. The average molecular weight is 342 g/mol. The molecule has 0 saturated heterocycles. The Balaban J connectivity index is -0.000000180. The summed E-state index contributed by atoms with van der Waals surface area (Å²) >= 11 is 0. The molecule has 0 atom stereocenters. The fourth-order valence-electron chi connectivity index (χ4n) is 1.75. The van der Waals surface area contributed by atoms with E-state index in [9.17, 15) is 0 Å². The van der Waals surface area contributed by atoms with Crippen LogP contribution in [0.1, 0.15) is 20.3 Å². The molecular formula is C11H21Cl3PV-. The number of allylic oxidation sites excluding steroid dienone is 4. The predicted molar refractivity (Wildman–Crippen MR) is 79.7 cm³/mol. The summed E-state index contributed by atoms with van der Waals surface area (Å²) in [5.41, 5.74) is 1.76. The molecule has 0 heterocycles. The molecule has 0 aliphatic heterocycles. The molecule has 1 radical (unpaired) electrons. The first kappa shape index (κ1) is 26.0. The topological polar surface area (TPSA) is 0 Å². The zero-order valence-electron chi connectivity index (χ0n) is 10.2. The normalized spacial score (nSPS) is 12.9. The van der Waals surface area contributed by atoms with Crippen molar-refractivity contribution in [3.63, 3.8) is 0 Å². The summed E-state index contributed by atoms with van der Waals surface area (Å²) in [5, 5.41) is 0. The van der Waals surface area contributed by atoms with Crippen LogP contribution in [0.3, 0.4) is 0 Å². The van der Waals surface area contributed by atoms with E-state index in [0.29, 0.717) is 5.41 Å². The van der Waals surface area contributed by atoms with E-state index in [4.69, 9.17) is 0 Å². The minimum absolute atomic E-state index is 0. The molecule has 1 aliphatic rings. The molecule has 1 aliphatic carbocycles. The maximum atomic E-state index is 3.42. The SMILES string of the molecule is CP(C)CC(C)(C)C1=[C-]CC=C1.Cl.Cl.Cl.[V]. The van der Waals surface area contributed by atoms with Crippen molar-refractivity contribution in [1.82, 2.24) is 0 Å². The molecule has 1 rings (SSSR count). The molecule has 0 aromatic rings. The van der Waals surface area contributed by atoms with Crippen molar-refractivity contribution < 1.29 is 18.6 Å². The van der Waals surface area contributed by atoms with Crippen molar-refractivity contribution in [2.24, 2.45) is 5.41 Å². The molecule has 16 heavy (non-hydrogen) atoms. The van der Waals surface area contributed by atoms with Crippen LogP contribution in [-0.2, 0) is 18.6 Å². The van der Waals surface area contributed by atoms with Crippen LogP contribution in [0.5, 0.6) is 0 Å². The first-order valence-electron chi connectivity index (χ1n) is 4.45. The van der Waals surface area contributed by atoms with Gasteiger partial charge in [-0.25, -0.2) is 11.6 Å². The van der Waals surface area contributed by atoms with Crippen LogP contribution in [0, 0.1) is 11.5 Å². The minimum Gasteiger partial charge on any atom is -0.269 e. The van der Waals surface area contributed by atoms with Crippen LogP contribution in [0.15, 0.2) is 17.7 Å². The van der Waals surface area contributed by atoms with E-state index in [-0.39, 0.29) is 63.7 Å². The summed E-state index contributed by atoms with van der Waals surface area (Å²) in [4.78, 5) is 0. The number of halogens is 3. The summed E-state index contributed by atoms with van der Waals surface area (Å²) in [5.74, 6) is 0. The van der Waals surface area contributed by atoms with Crippen LogP contribution >= 0.6 is 45.1 Å². The van der Waals surface area contributed by atoms with Crippen LogP contribution in [0.2, 0.25) is 0 Å². The second-order valence-electron chi connectivity index (χ2n) is 4.32. The predicted octanol–water partition coefficient (Wildman–Crippen LogP) is 4.71. The van der Waals surface area contributed by atoms with E-state index < -0.39 is 0 Å². The molecule has 0 N–H and O–H groups in total. The monoisotopic (exact) mass is 340 g/mol. The van der Waals surface area contributed by atoms with E-state index in [2.05, 4.69) is 45.4 Å². The van der Waals surface area contributed by atoms with Gasteiger partial charge in [0.15, 0.2) is 0 Å². The second-order valence-corrected chi connectivity index (χ2v) is 6.79. The van der Waals surface area contributed by atoms with Gasteiger partial charge in [-0.15, -0.1) is 51.6 Å². The standard InChI is InChI=1S/C11H18P.3ClH.V/c1-11(2,9-12(3)4)10-7-5-6-8-10;;;;/h5,7H,6,9H2,1-4H3;3*1H;/q-1;;;;. The number of rotatable bonds is 3. The van der Waals surface area contributed by atoms with Gasteiger partial charge in [0.05, 0.1) is 0 Å². The molecule has 0 amide bonds. The molecule has 0 aromatic carbocycles. The molecular weight excluding hydrogens is 320 g/mol. The Labute approximate surface area is 132 Å². The van der Waals surface area contributed by atoms with E-state index in [0.717, 1.165) is 6.42 Å². The van der Waals surface area contributed by atoms with Crippen molar-refractivity contribution in [3.05, 3.63) is 23.8 Å². The first-order valence-corrected chi connectivity index (χ1v) is 6.87. The van der Waals surface area contributed by atoms with Crippen LogP contribution < -0.4 is 0 Å². The van der Waals surface area contributed by atoms with E-state index in [1.165, 1.54) is 11.7 Å². The van der Waals surface area contributed by atoms with Gasteiger partial charge in [0, 0.05) is 18.6 Å². The van der Waals surface area contributed by atoms with Gasteiger partial charge in [-0.05, 0) is 24.9 Å². The molecule has 5 heteroatoms. The van der Waals surface area contributed by atoms with Crippen LogP contribution in [-0.4, -0.2) is 19.5 Å². The van der Waals surface area contributed by atoms with Gasteiger partial charge in [-0.1, -0.05) is 13.8 Å². The molecule has 97 valence electrons. The van der Waals surface area contributed by atoms with Crippen molar-refractivity contribution in [2.75, 3.05) is 19.5 Å². The molecule has 0 unspecified atom stereocenters. The average Bonchev–Trinajstić information content (AvgIpc) is 2.32. The molecule has 0 nitrogen and oxygen atoms in total. The molecule has 0 spiro atoms. The zero-order valence-corrected chi connectivity index (χ0v) is 14.9. The van der Waals surface area contributed by atoms with Crippen molar-refractivity contribution in [2.45, 2.75) is 20.3 Å². The Morgan fingerprint density at radius 3 is 2.06 bits per heavy atom. The third kappa shape index (κ3) is 8.45. The summed E-state index contributed by atoms with van der Waals surface area (Å²) in [6.07, 6.45) is 10.2. The summed E-state index contributed by atoms with van der Waals surface area (Å²) in [7, 11) is 0.201. The summed E-state index contributed by atoms with van der Waals surface area (Å²) in [6, 6.07) is 0. The van der Waals surface area contributed by atoms with Gasteiger partial charge < -0.3 is 0 Å². The molecule has 0 fully saturated rings. The van der Waals surface area contributed by atoms with Gasteiger partial charge in [0.25, 0.3) is 0 Å². The largest absolute Gasteiger partial charge is 0.269 e. The van der Waals surface area contributed by atoms with E-state index >= 15 is 0 Å². The van der Waals surface area contributed by atoms with Crippen molar-refractivity contribution in [1.29, 1.82) is 0 Å². The Morgan fingerprint density at radius 1 is 1.25 bits per heavy atom. The second kappa shape index (κ2) is 11.5. The smallest absolute Gasteiger partial charge is 0 e. The Bertz CT molecular complexity index is 225. The van der Waals surface area contributed by atoms with Gasteiger partial charge in [0.1, 0.15) is 0 Å². The van der Waals surface area contributed by atoms with Gasteiger partial charge in [-0.2, -0.15) is 6.08 Å². The first-order chi connectivity index (χ1) is 5.52. The Kier molecular flexibility index (Phi) is 18.6. The van der Waals surface area contributed by atoms with Gasteiger partial charge >= 0.3 is 0 Å². The fraction of sp³-hybridized carbons (Fsp3) is 0.636. The van der Waals surface area contributed by atoms with Gasteiger partial charge in [-0.3, -0.25) is 6.08 Å². The van der Waals surface area contributed by atoms with E-state index in [1.807, 2.05) is 0 Å². The third-order valence-corrected chi connectivity index (χ3v) is 3.56. The zero-order chi connectivity index (χ0) is 9.19. The minimum atomic E-state index is 0. The Hall–Kier alpha value is 1.36. The van der Waals surface area contributed by atoms with Gasteiger partial charge in [0.2, 0.25) is 0 Å². The van der Waals surface area contributed by atoms with Crippen molar-refractivity contribution in [3.8, 4) is 0 Å². The Morgan fingerprint density at radius 2 is 1.75 bits per heavy atom. The van der Waals surface area contributed by atoms with E-state index in [1.54, 1.807) is 0 Å². The maximum absolute atomic E-state index is 3.42. The van der Waals surface area contributed by atoms with Crippen LogP contribution in [0.4, 0.5) is 0 Å². The third-order valence-electron chi connectivity index (χ3n) is 2.14. The number of hydrogen-bond acceptors (Lipinski definition) is 0. The maximum Gasteiger partial charge on any atom is 0 e. The van der Waals surface area contributed by atoms with Crippen LogP contribution in [0.25, 0.3) is 0 Å². The fourth-order valence-corrected chi connectivity index (χ4v) is 3.50. The van der Waals surface area contributed by atoms with Crippen molar-refractivity contribution >= 4 is 45.1 Å². The summed E-state index contributed by atoms with van der Waals surface area (Å²) in [6.45, 7) is 9.34.